The van der Waals surface area contributed by atoms with Crippen molar-refractivity contribution in [1.82, 2.24) is 10.2 Å². The summed E-state index contributed by atoms with van der Waals surface area (Å²) in [5, 5.41) is 3.54. The summed E-state index contributed by atoms with van der Waals surface area (Å²) in [5.41, 5.74) is 0. The second-order valence-corrected chi connectivity index (χ2v) is 6.63. The van der Waals surface area contributed by atoms with Crippen LogP contribution in [0.5, 0.6) is 0 Å². The summed E-state index contributed by atoms with van der Waals surface area (Å²) in [4.78, 5) is 14.5. The van der Waals surface area contributed by atoms with E-state index in [2.05, 4.69) is 19.2 Å². The Kier molecular flexibility index (Phi) is 5.44. The summed E-state index contributed by atoms with van der Waals surface area (Å²) in [6, 6.07) is 0.590. The molecule has 0 aromatic rings. The number of nitrogens with zero attached hydrogens (tertiary/aromatic N) is 1. The minimum absolute atomic E-state index is 0.0225. The van der Waals surface area contributed by atoms with Gasteiger partial charge in [0.2, 0.25) is 5.91 Å². The zero-order chi connectivity index (χ0) is 14.7. The first-order chi connectivity index (χ1) is 9.50. The first-order valence-electron chi connectivity index (χ1n) is 8.14. The maximum absolute atomic E-state index is 12.6. The lowest BCUT2D eigenvalue weighted by Crippen LogP contribution is -2.42. The topological polar surface area (TPSA) is 41.6 Å². The fourth-order valence-electron chi connectivity index (χ4n) is 3.58. The summed E-state index contributed by atoms with van der Waals surface area (Å²) in [7, 11) is 1.94. The van der Waals surface area contributed by atoms with Crippen molar-refractivity contribution in [2.75, 3.05) is 20.1 Å². The molecule has 5 atom stereocenters. The molecule has 0 spiro atoms. The molecule has 0 aliphatic carbocycles. The Bertz CT molecular complexity index is 328. The normalized spacial score (nSPS) is 37.9. The molecule has 2 heterocycles. The van der Waals surface area contributed by atoms with E-state index in [1.165, 1.54) is 19.3 Å². The lowest BCUT2D eigenvalue weighted by atomic mass is 9.88. The number of nitrogens with one attached hydrogen (secondary N) is 1. The predicted octanol–water partition coefficient (Wildman–Crippen LogP) is 2.04. The molecule has 0 aromatic heterocycles. The van der Waals surface area contributed by atoms with Crippen LogP contribution in [0.4, 0.5) is 0 Å². The standard InChI is InChI=1S/C16H30N2O2/c1-11-12(2)20-13(3)15(11)16(19)18(4)10-8-14-7-5-6-9-17-14/h11-15,17H,5-10H2,1-4H3. The van der Waals surface area contributed by atoms with Crippen molar-refractivity contribution in [2.45, 2.75) is 64.7 Å². The van der Waals surface area contributed by atoms with Crippen molar-refractivity contribution < 1.29 is 9.53 Å². The molecule has 0 bridgehead atoms. The van der Waals surface area contributed by atoms with Gasteiger partial charge in [-0.1, -0.05) is 13.3 Å². The van der Waals surface area contributed by atoms with Crippen molar-refractivity contribution in [3.63, 3.8) is 0 Å². The fraction of sp³-hybridized carbons (Fsp3) is 0.938. The molecule has 0 radical (unpaired) electrons. The van der Waals surface area contributed by atoms with E-state index < -0.39 is 0 Å². The Balaban J connectivity index is 1.82. The van der Waals surface area contributed by atoms with Crippen LogP contribution in [0.2, 0.25) is 0 Å². The third-order valence-electron chi connectivity index (χ3n) is 5.13. The van der Waals surface area contributed by atoms with Crippen LogP contribution in [-0.4, -0.2) is 49.2 Å². The number of carbonyl (C=O) groups excluding carboxylic acids is 1. The number of amides is 1. The third kappa shape index (κ3) is 3.53. The number of piperidine rings is 1. The van der Waals surface area contributed by atoms with Gasteiger partial charge in [0.05, 0.1) is 18.1 Å². The van der Waals surface area contributed by atoms with Crippen LogP contribution in [0.25, 0.3) is 0 Å². The lowest BCUT2D eigenvalue weighted by Gasteiger charge is -2.28. The molecular formula is C16H30N2O2. The molecule has 1 amide bonds. The summed E-state index contributed by atoms with van der Waals surface area (Å²) in [5.74, 6) is 0.590. The molecular weight excluding hydrogens is 252 g/mol. The minimum atomic E-state index is 0.0225. The highest BCUT2D eigenvalue weighted by Gasteiger charge is 2.42. The fourth-order valence-corrected chi connectivity index (χ4v) is 3.58. The Morgan fingerprint density at radius 1 is 1.25 bits per heavy atom. The van der Waals surface area contributed by atoms with Crippen molar-refractivity contribution in [3.8, 4) is 0 Å². The van der Waals surface area contributed by atoms with Crippen molar-refractivity contribution in [3.05, 3.63) is 0 Å². The molecule has 4 heteroatoms. The summed E-state index contributed by atoms with van der Waals surface area (Å²) in [6.07, 6.45) is 5.15. The molecule has 0 saturated carbocycles. The molecule has 2 saturated heterocycles. The van der Waals surface area contributed by atoms with Crippen LogP contribution >= 0.6 is 0 Å². The van der Waals surface area contributed by atoms with Crippen LogP contribution in [0.15, 0.2) is 0 Å². The summed E-state index contributed by atoms with van der Waals surface area (Å²) < 4.78 is 5.79. The zero-order valence-corrected chi connectivity index (χ0v) is 13.4. The van der Waals surface area contributed by atoms with Crippen LogP contribution in [0.1, 0.15) is 46.5 Å². The highest BCUT2D eigenvalue weighted by Crippen LogP contribution is 2.33. The molecule has 1 N–H and O–H groups in total. The molecule has 20 heavy (non-hydrogen) atoms. The van der Waals surface area contributed by atoms with E-state index in [9.17, 15) is 4.79 Å². The Hall–Kier alpha value is -0.610. The van der Waals surface area contributed by atoms with Gasteiger partial charge in [0.1, 0.15) is 0 Å². The lowest BCUT2D eigenvalue weighted by molar-refractivity contribution is -0.136. The van der Waals surface area contributed by atoms with E-state index in [1.807, 2.05) is 18.9 Å². The number of hydrogen-bond donors (Lipinski definition) is 1. The van der Waals surface area contributed by atoms with Crippen molar-refractivity contribution in [2.24, 2.45) is 11.8 Å². The Labute approximate surface area is 123 Å². The molecule has 2 rings (SSSR count). The quantitative estimate of drug-likeness (QED) is 0.858. The van der Waals surface area contributed by atoms with Gasteiger partial charge in [-0.3, -0.25) is 4.79 Å². The maximum atomic E-state index is 12.6. The first kappa shape index (κ1) is 15.8. The second kappa shape index (κ2) is 6.90. The Morgan fingerprint density at radius 2 is 2.00 bits per heavy atom. The van der Waals surface area contributed by atoms with E-state index in [0.717, 1.165) is 19.5 Å². The van der Waals surface area contributed by atoms with Crippen LogP contribution in [-0.2, 0) is 9.53 Å². The number of hydrogen-bond acceptors (Lipinski definition) is 3. The summed E-state index contributed by atoms with van der Waals surface area (Å²) >= 11 is 0. The van der Waals surface area contributed by atoms with E-state index in [0.29, 0.717) is 12.0 Å². The number of ether oxygens (including phenoxy) is 1. The van der Waals surface area contributed by atoms with Crippen LogP contribution in [0.3, 0.4) is 0 Å². The van der Waals surface area contributed by atoms with Gasteiger partial charge in [-0.15, -0.1) is 0 Å². The van der Waals surface area contributed by atoms with Crippen LogP contribution in [0, 0.1) is 11.8 Å². The highest BCUT2D eigenvalue weighted by atomic mass is 16.5. The minimum Gasteiger partial charge on any atom is -0.374 e. The second-order valence-electron chi connectivity index (χ2n) is 6.63. The molecule has 2 aliphatic rings. The van der Waals surface area contributed by atoms with Gasteiger partial charge in [-0.2, -0.15) is 0 Å². The molecule has 2 aliphatic heterocycles. The first-order valence-corrected chi connectivity index (χ1v) is 8.14. The van der Waals surface area contributed by atoms with Gasteiger partial charge >= 0.3 is 0 Å². The van der Waals surface area contributed by atoms with E-state index in [1.54, 1.807) is 0 Å². The third-order valence-corrected chi connectivity index (χ3v) is 5.13. The van der Waals surface area contributed by atoms with E-state index in [-0.39, 0.29) is 24.0 Å². The molecule has 4 nitrogen and oxygen atoms in total. The molecule has 5 unspecified atom stereocenters. The highest BCUT2D eigenvalue weighted by molar-refractivity contribution is 5.79. The average Bonchev–Trinajstić information content (AvgIpc) is 2.70. The van der Waals surface area contributed by atoms with Gasteiger partial charge < -0.3 is 15.0 Å². The summed E-state index contributed by atoms with van der Waals surface area (Å²) in [6.45, 7) is 8.21. The smallest absolute Gasteiger partial charge is 0.228 e. The number of rotatable bonds is 4. The van der Waals surface area contributed by atoms with Gasteiger partial charge in [-0.05, 0) is 45.6 Å². The van der Waals surface area contributed by atoms with E-state index >= 15 is 0 Å². The molecule has 0 aromatic carbocycles. The van der Waals surface area contributed by atoms with Crippen molar-refractivity contribution >= 4 is 5.91 Å². The largest absolute Gasteiger partial charge is 0.374 e. The predicted molar refractivity (Wildman–Crippen MR) is 80.6 cm³/mol. The zero-order valence-electron chi connectivity index (χ0n) is 13.4. The van der Waals surface area contributed by atoms with Crippen LogP contribution < -0.4 is 5.32 Å². The maximum Gasteiger partial charge on any atom is 0.228 e. The Morgan fingerprint density at radius 3 is 2.55 bits per heavy atom. The van der Waals surface area contributed by atoms with Gasteiger partial charge in [0, 0.05) is 19.6 Å². The van der Waals surface area contributed by atoms with Gasteiger partial charge in [0.15, 0.2) is 0 Å². The van der Waals surface area contributed by atoms with Gasteiger partial charge in [-0.25, -0.2) is 0 Å². The monoisotopic (exact) mass is 282 g/mol. The SMILES string of the molecule is CC1OC(C)C(C(=O)N(C)CCC2CCCCN2)C1C. The average molecular weight is 282 g/mol. The van der Waals surface area contributed by atoms with Crippen molar-refractivity contribution in [1.29, 1.82) is 0 Å². The van der Waals surface area contributed by atoms with E-state index in [4.69, 9.17) is 4.74 Å². The molecule has 116 valence electrons. The number of carbonyl (C=O) groups is 1. The van der Waals surface area contributed by atoms with Gasteiger partial charge in [0.25, 0.3) is 0 Å². The molecule has 2 fully saturated rings.